The third kappa shape index (κ3) is 4.66. The molecule has 25 heavy (non-hydrogen) atoms. The molecule has 0 saturated carbocycles. The van der Waals surface area contributed by atoms with E-state index in [1.165, 1.54) is 16.3 Å². The number of nitrogens with one attached hydrogen (secondary N) is 1. The number of hydrogen-bond donors (Lipinski definition) is 1. The van der Waals surface area contributed by atoms with Crippen molar-refractivity contribution >= 4 is 16.5 Å². The number of methoxy groups -OCH3 is 1. The molecular weight excluding hydrogens is 310 g/mol. The van der Waals surface area contributed by atoms with Crippen LogP contribution in [0.3, 0.4) is 0 Å². The molecule has 3 nitrogen and oxygen atoms in total. The average molecular weight is 335 g/mol. The van der Waals surface area contributed by atoms with Crippen LogP contribution in [0.1, 0.15) is 25.3 Å². The Morgan fingerprint density at radius 2 is 1.56 bits per heavy atom. The number of unbranched alkanes of at least 4 members (excludes halogenated alkanes) is 1. The Morgan fingerprint density at radius 1 is 0.840 bits per heavy atom. The van der Waals surface area contributed by atoms with E-state index in [1.807, 2.05) is 18.2 Å². The maximum Gasteiger partial charge on any atom is 0.119 e. The van der Waals surface area contributed by atoms with E-state index in [1.54, 1.807) is 7.11 Å². The molecule has 0 heterocycles. The first-order valence-corrected chi connectivity index (χ1v) is 8.82. The van der Waals surface area contributed by atoms with Crippen molar-refractivity contribution in [2.24, 2.45) is 0 Å². The van der Waals surface area contributed by atoms with E-state index in [-0.39, 0.29) is 0 Å². The minimum Gasteiger partial charge on any atom is -0.497 e. The maximum atomic E-state index is 5.78. The van der Waals surface area contributed by atoms with Crippen LogP contribution in [0.5, 0.6) is 11.5 Å². The van der Waals surface area contributed by atoms with E-state index in [2.05, 4.69) is 54.7 Å². The molecule has 0 aromatic heterocycles. The second kappa shape index (κ2) is 8.43. The Labute approximate surface area is 149 Å². The van der Waals surface area contributed by atoms with Crippen LogP contribution < -0.4 is 14.8 Å². The van der Waals surface area contributed by atoms with E-state index < -0.39 is 0 Å². The first-order valence-electron chi connectivity index (χ1n) is 8.82. The Morgan fingerprint density at radius 3 is 2.32 bits per heavy atom. The van der Waals surface area contributed by atoms with Crippen LogP contribution in [0.15, 0.2) is 60.7 Å². The number of rotatable bonds is 8. The number of hydrogen-bond acceptors (Lipinski definition) is 3. The summed E-state index contributed by atoms with van der Waals surface area (Å²) in [7, 11) is 1.68. The number of benzene rings is 3. The summed E-state index contributed by atoms with van der Waals surface area (Å²) >= 11 is 0. The standard InChI is InChI=1S/C22H25NO2/c1-3-4-13-25-22-12-8-18-14-20(9-7-19(18)15-22)23-16-17-5-10-21(24-2)11-6-17/h5-12,14-15,23H,3-4,13,16H2,1-2H3. The maximum absolute atomic E-state index is 5.78. The van der Waals surface area contributed by atoms with Gasteiger partial charge in [0.1, 0.15) is 11.5 Å². The van der Waals surface area contributed by atoms with Crippen molar-refractivity contribution in [3.05, 3.63) is 66.2 Å². The first kappa shape index (κ1) is 17.2. The normalized spacial score (nSPS) is 10.6. The first-order chi connectivity index (χ1) is 12.3. The Balaban J connectivity index is 1.65. The zero-order valence-electron chi connectivity index (χ0n) is 14.9. The summed E-state index contributed by atoms with van der Waals surface area (Å²) in [6, 6.07) is 20.8. The molecule has 0 aliphatic carbocycles. The predicted molar refractivity (Wildman–Crippen MR) is 105 cm³/mol. The predicted octanol–water partition coefficient (Wildman–Crippen LogP) is 5.64. The SMILES string of the molecule is CCCCOc1ccc2cc(NCc3ccc(OC)cc3)ccc2c1. The molecule has 3 aromatic carbocycles. The molecule has 0 saturated heterocycles. The van der Waals surface area contributed by atoms with Gasteiger partial charge in [-0.1, -0.05) is 37.6 Å². The minimum atomic E-state index is 0.781. The fraction of sp³-hybridized carbons (Fsp3) is 0.273. The zero-order chi connectivity index (χ0) is 17.5. The molecule has 0 unspecified atom stereocenters. The molecular formula is C22H25NO2. The van der Waals surface area contributed by atoms with Crippen LogP contribution in [-0.4, -0.2) is 13.7 Å². The Bertz CT molecular complexity index is 812. The lowest BCUT2D eigenvalue weighted by Gasteiger charge is -2.10. The van der Waals surface area contributed by atoms with E-state index in [4.69, 9.17) is 9.47 Å². The second-order valence-corrected chi connectivity index (χ2v) is 6.13. The van der Waals surface area contributed by atoms with Crippen molar-refractivity contribution in [2.75, 3.05) is 19.0 Å². The van der Waals surface area contributed by atoms with Gasteiger partial charge in [0.2, 0.25) is 0 Å². The molecule has 3 rings (SSSR count). The average Bonchev–Trinajstić information content (AvgIpc) is 2.67. The van der Waals surface area contributed by atoms with Crippen molar-refractivity contribution in [1.29, 1.82) is 0 Å². The molecule has 0 bridgehead atoms. The van der Waals surface area contributed by atoms with Gasteiger partial charge in [-0.05, 0) is 59.2 Å². The summed E-state index contributed by atoms with van der Waals surface area (Å²) < 4.78 is 11.0. The molecule has 3 aromatic rings. The fourth-order valence-electron chi connectivity index (χ4n) is 2.71. The van der Waals surface area contributed by atoms with Crippen LogP contribution in [0.25, 0.3) is 10.8 Å². The lowest BCUT2D eigenvalue weighted by molar-refractivity contribution is 0.310. The number of ether oxygens (including phenoxy) is 2. The van der Waals surface area contributed by atoms with Crippen molar-refractivity contribution in [3.8, 4) is 11.5 Å². The van der Waals surface area contributed by atoms with Gasteiger partial charge in [0.25, 0.3) is 0 Å². The molecule has 0 aliphatic heterocycles. The summed E-state index contributed by atoms with van der Waals surface area (Å²) in [5.74, 6) is 1.83. The van der Waals surface area contributed by atoms with Crippen molar-refractivity contribution in [2.45, 2.75) is 26.3 Å². The zero-order valence-corrected chi connectivity index (χ0v) is 14.9. The summed E-state index contributed by atoms with van der Waals surface area (Å²) in [5, 5.41) is 5.88. The van der Waals surface area contributed by atoms with Gasteiger partial charge >= 0.3 is 0 Å². The summed E-state index contributed by atoms with van der Waals surface area (Å²) in [6.45, 7) is 3.74. The second-order valence-electron chi connectivity index (χ2n) is 6.13. The van der Waals surface area contributed by atoms with Crippen LogP contribution >= 0.6 is 0 Å². The van der Waals surface area contributed by atoms with Gasteiger partial charge in [0.05, 0.1) is 13.7 Å². The Hall–Kier alpha value is -2.68. The van der Waals surface area contributed by atoms with Gasteiger partial charge in [-0.15, -0.1) is 0 Å². The highest BCUT2D eigenvalue weighted by molar-refractivity contribution is 5.86. The summed E-state index contributed by atoms with van der Waals surface area (Å²) in [6.07, 6.45) is 2.24. The van der Waals surface area contributed by atoms with Crippen LogP contribution in [0.2, 0.25) is 0 Å². The van der Waals surface area contributed by atoms with Gasteiger partial charge in [0, 0.05) is 12.2 Å². The monoisotopic (exact) mass is 335 g/mol. The Kier molecular flexibility index (Phi) is 5.78. The summed E-state index contributed by atoms with van der Waals surface area (Å²) in [4.78, 5) is 0. The van der Waals surface area contributed by atoms with Crippen LogP contribution in [0, 0.1) is 0 Å². The van der Waals surface area contributed by atoms with E-state index in [0.717, 1.165) is 43.2 Å². The molecule has 1 N–H and O–H groups in total. The van der Waals surface area contributed by atoms with E-state index >= 15 is 0 Å². The molecule has 0 spiro atoms. The highest BCUT2D eigenvalue weighted by Crippen LogP contribution is 2.24. The molecule has 3 heteroatoms. The molecule has 130 valence electrons. The third-order valence-corrected chi connectivity index (χ3v) is 4.23. The molecule has 0 fully saturated rings. The van der Waals surface area contributed by atoms with Crippen LogP contribution in [0.4, 0.5) is 5.69 Å². The molecule has 0 radical (unpaired) electrons. The number of anilines is 1. The summed E-state index contributed by atoms with van der Waals surface area (Å²) in [5.41, 5.74) is 2.34. The van der Waals surface area contributed by atoms with E-state index in [0.29, 0.717) is 0 Å². The minimum absolute atomic E-state index is 0.781. The smallest absolute Gasteiger partial charge is 0.119 e. The lowest BCUT2D eigenvalue weighted by atomic mass is 10.1. The van der Waals surface area contributed by atoms with Gasteiger partial charge in [-0.3, -0.25) is 0 Å². The number of fused-ring (bicyclic) bond motifs is 1. The van der Waals surface area contributed by atoms with Crippen molar-refractivity contribution < 1.29 is 9.47 Å². The molecule has 0 atom stereocenters. The van der Waals surface area contributed by atoms with Crippen molar-refractivity contribution in [1.82, 2.24) is 0 Å². The van der Waals surface area contributed by atoms with Gasteiger partial charge in [-0.25, -0.2) is 0 Å². The topological polar surface area (TPSA) is 30.5 Å². The highest BCUT2D eigenvalue weighted by atomic mass is 16.5. The van der Waals surface area contributed by atoms with E-state index in [9.17, 15) is 0 Å². The molecule has 0 amide bonds. The van der Waals surface area contributed by atoms with Gasteiger partial charge in [0.15, 0.2) is 0 Å². The fourth-order valence-corrected chi connectivity index (χ4v) is 2.71. The van der Waals surface area contributed by atoms with Gasteiger partial charge < -0.3 is 14.8 Å². The van der Waals surface area contributed by atoms with Crippen molar-refractivity contribution in [3.63, 3.8) is 0 Å². The van der Waals surface area contributed by atoms with Crippen LogP contribution in [-0.2, 0) is 6.54 Å². The quantitative estimate of drug-likeness (QED) is 0.540. The lowest BCUT2D eigenvalue weighted by Crippen LogP contribution is -1.99. The van der Waals surface area contributed by atoms with Gasteiger partial charge in [-0.2, -0.15) is 0 Å². The third-order valence-electron chi connectivity index (χ3n) is 4.23. The highest BCUT2D eigenvalue weighted by Gasteiger charge is 2.01. The molecule has 0 aliphatic rings. The largest absolute Gasteiger partial charge is 0.497 e.